The first-order valence-electron chi connectivity index (χ1n) is 7.85. The highest BCUT2D eigenvalue weighted by Crippen LogP contribution is 2.37. The summed E-state index contributed by atoms with van der Waals surface area (Å²) in [5.41, 5.74) is 3.47. The van der Waals surface area contributed by atoms with Crippen LogP contribution in [-0.4, -0.2) is 37.7 Å². The molecule has 0 aliphatic carbocycles. The summed E-state index contributed by atoms with van der Waals surface area (Å²) in [6, 6.07) is 11.9. The van der Waals surface area contributed by atoms with Gasteiger partial charge in [-0.15, -0.1) is 0 Å². The molecule has 0 saturated carbocycles. The molecule has 2 aromatic rings. The highest BCUT2D eigenvalue weighted by Gasteiger charge is 2.50. The Morgan fingerprint density at radius 2 is 1.64 bits per heavy atom. The zero-order valence-electron chi connectivity index (χ0n) is 14.3. The van der Waals surface area contributed by atoms with Gasteiger partial charge in [-0.05, 0) is 23.3 Å². The van der Waals surface area contributed by atoms with Crippen molar-refractivity contribution in [1.29, 1.82) is 0 Å². The molecule has 1 aliphatic rings. The first-order chi connectivity index (χ1) is 13.0. The Kier molecular flexibility index (Phi) is 4.83. The third-order valence-corrected chi connectivity index (χ3v) is 5.59. The van der Waals surface area contributed by atoms with E-state index in [0.29, 0.717) is 0 Å². The summed E-state index contributed by atoms with van der Waals surface area (Å²) in [6.07, 6.45) is 0. The quantitative estimate of drug-likeness (QED) is 0.583. The number of rotatable bonds is 5. The Bertz CT molecular complexity index is 1060. The highest BCUT2D eigenvalue weighted by atomic mass is 32.2. The number of nitrogens with two attached hydrogens (primary N) is 1. The molecule has 0 aromatic heterocycles. The summed E-state index contributed by atoms with van der Waals surface area (Å²) < 4.78 is 45.9. The topological polar surface area (TPSA) is 95.7 Å². The number of hydrogen-bond donors (Lipinski definition) is 1. The predicted octanol–water partition coefficient (Wildman–Crippen LogP) is 0.368. The summed E-state index contributed by atoms with van der Waals surface area (Å²) in [6.45, 7) is 0. The van der Waals surface area contributed by atoms with Crippen molar-refractivity contribution in [2.24, 2.45) is 5.73 Å². The van der Waals surface area contributed by atoms with Crippen LogP contribution in [0.5, 0.6) is 0 Å². The van der Waals surface area contributed by atoms with Crippen LogP contribution in [0.3, 0.4) is 0 Å². The molecule has 0 amide bonds. The van der Waals surface area contributed by atoms with Crippen LogP contribution in [0.1, 0.15) is 11.1 Å². The summed E-state index contributed by atoms with van der Waals surface area (Å²) in [5.74, 6) is -3.21. The minimum atomic E-state index is -4.80. The fourth-order valence-electron chi connectivity index (χ4n) is 2.53. The molecule has 11 heteroatoms. The van der Waals surface area contributed by atoms with Crippen LogP contribution >= 0.6 is 0 Å². The van der Waals surface area contributed by atoms with E-state index in [1.54, 1.807) is 6.07 Å². The molecule has 2 N–H and O–H groups in total. The van der Waals surface area contributed by atoms with Crippen molar-refractivity contribution in [2.75, 3.05) is 0 Å². The van der Waals surface area contributed by atoms with Crippen LogP contribution in [-0.2, 0) is 33.9 Å². The molecule has 1 atom stereocenters. The van der Waals surface area contributed by atoms with Gasteiger partial charge in [-0.1, -0.05) is 42.5 Å². The number of halogens is 1. The van der Waals surface area contributed by atoms with E-state index in [9.17, 15) is 17.6 Å². The van der Waals surface area contributed by atoms with Crippen molar-refractivity contribution in [3.05, 3.63) is 83.2 Å². The van der Waals surface area contributed by atoms with Gasteiger partial charge >= 0.3 is 10.1 Å². The van der Waals surface area contributed by atoms with E-state index < -0.39 is 43.4 Å². The minimum Gasteiger partial charge on any atom is -0.467 e. The monoisotopic (exact) mass is 393 g/mol. The van der Waals surface area contributed by atoms with Crippen molar-refractivity contribution in [3.8, 4) is 0 Å². The van der Waals surface area contributed by atoms with E-state index in [1.807, 2.05) is 0 Å². The van der Waals surface area contributed by atoms with Crippen molar-refractivity contribution in [1.82, 2.24) is 0 Å². The molecule has 0 fully saturated rings. The molecule has 0 unspecified atom stereocenters. The number of benzene rings is 2. The maximum absolute atomic E-state index is 13.1. The third-order valence-electron chi connectivity index (χ3n) is 4.14. The molecular formula is C17H11B3FNO5S. The largest absolute Gasteiger partial charge is 0.467 e. The van der Waals surface area contributed by atoms with E-state index in [1.165, 1.54) is 36.4 Å². The molecule has 136 valence electrons. The standard InChI is InChI=1S/C17H11B3FNO5S/c18-16(10-6-8-12(21)9-7-10)14(23)13(15(22)26-16)27-28(24,25)17(19,20)11-4-2-1-3-5-11/h1-9H,22H2/t16-/m1/s1. The lowest BCUT2D eigenvalue weighted by Crippen LogP contribution is -2.40. The van der Waals surface area contributed by atoms with E-state index >= 15 is 0 Å². The van der Waals surface area contributed by atoms with Crippen LogP contribution in [0.25, 0.3) is 0 Å². The van der Waals surface area contributed by atoms with Gasteiger partial charge in [-0.2, -0.15) is 8.42 Å². The molecule has 0 saturated heterocycles. The summed E-state index contributed by atoms with van der Waals surface area (Å²) in [5, 5.41) is 0. The van der Waals surface area contributed by atoms with Gasteiger partial charge in [0.25, 0.3) is 0 Å². The molecule has 3 rings (SSSR count). The van der Waals surface area contributed by atoms with Crippen LogP contribution in [0, 0.1) is 5.82 Å². The first-order valence-corrected chi connectivity index (χ1v) is 9.25. The Morgan fingerprint density at radius 3 is 2.21 bits per heavy atom. The maximum atomic E-state index is 13.1. The zero-order chi connectivity index (χ0) is 20.7. The average Bonchev–Trinajstić information content (AvgIpc) is 2.86. The molecule has 1 aliphatic heterocycles. The molecule has 2 aromatic carbocycles. The fraction of sp³-hybridized carbons (Fsp3) is 0.118. The normalized spacial score (nSPS) is 20.1. The van der Waals surface area contributed by atoms with E-state index in [0.717, 1.165) is 12.1 Å². The minimum absolute atomic E-state index is 0.0121. The smallest absolute Gasteiger partial charge is 0.302 e. The lowest BCUT2D eigenvalue weighted by Gasteiger charge is -2.26. The van der Waals surface area contributed by atoms with E-state index in [-0.39, 0.29) is 11.1 Å². The van der Waals surface area contributed by atoms with E-state index in [2.05, 4.69) is 0 Å². The van der Waals surface area contributed by atoms with Crippen LogP contribution in [0.15, 0.2) is 66.2 Å². The Morgan fingerprint density at radius 1 is 1.07 bits per heavy atom. The number of carbonyl (C=O) groups is 1. The van der Waals surface area contributed by atoms with Gasteiger partial charge in [0.2, 0.25) is 17.4 Å². The van der Waals surface area contributed by atoms with Crippen LogP contribution < -0.4 is 5.73 Å². The molecule has 0 spiro atoms. The average molecular weight is 393 g/mol. The third kappa shape index (κ3) is 3.19. The lowest BCUT2D eigenvalue weighted by molar-refractivity contribution is -0.126. The van der Waals surface area contributed by atoms with Gasteiger partial charge in [0.1, 0.15) is 13.7 Å². The Hall–Kier alpha value is -2.68. The van der Waals surface area contributed by atoms with Crippen LogP contribution in [0.2, 0.25) is 0 Å². The molecule has 1 heterocycles. The van der Waals surface area contributed by atoms with Crippen molar-refractivity contribution in [2.45, 2.75) is 10.0 Å². The molecule has 6 radical (unpaired) electrons. The van der Waals surface area contributed by atoms with E-state index in [4.69, 9.17) is 38.2 Å². The van der Waals surface area contributed by atoms with Gasteiger partial charge in [-0.3, -0.25) is 4.79 Å². The number of hydrogen-bond acceptors (Lipinski definition) is 6. The summed E-state index contributed by atoms with van der Waals surface area (Å²) in [4.78, 5) is 12.7. The SMILES string of the molecule is [B]C([B])(c1ccccc1)S(=O)(=O)OC1=C(N)O[C@]([B])(c2ccc(F)cc2)C1=O. The summed E-state index contributed by atoms with van der Waals surface area (Å²) >= 11 is 0. The second-order valence-corrected chi connectivity index (χ2v) is 7.81. The van der Waals surface area contributed by atoms with Gasteiger partial charge in [0.15, 0.2) is 5.50 Å². The van der Waals surface area contributed by atoms with Gasteiger partial charge in [0.05, 0.1) is 20.2 Å². The number of Topliss-reactive ketones (excluding diaryl/α,β-unsaturated/α-hetero) is 1. The summed E-state index contributed by atoms with van der Waals surface area (Å²) in [7, 11) is 12.7. The fourth-order valence-corrected chi connectivity index (χ4v) is 3.47. The molecule has 0 bridgehead atoms. The number of ether oxygens (including phenoxy) is 1. The number of carbonyl (C=O) groups excluding carboxylic acids is 1. The lowest BCUT2D eigenvalue weighted by atomic mass is 9.65. The van der Waals surface area contributed by atoms with Crippen LogP contribution in [0.4, 0.5) is 4.39 Å². The highest BCUT2D eigenvalue weighted by molar-refractivity contribution is 7.90. The van der Waals surface area contributed by atoms with Gasteiger partial charge in [0, 0.05) is 0 Å². The zero-order valence-corrected chi connectivity index (χ0v) is 15.1. The Labute approximate surface area is 165 Å². The van der Waals surface area contributed by atoms with Crippen molar-refractivity contribution in [3.63, 3.8) is 0 Å². The molecule has 28 heavy (non-hydrogen) atoms. The number of ketones is 1. The molecule has 6 nitrogen and oxygen atoms in total. The maximum Gasteiger partial charge on any atom is 0.302 e. The molecular weight excluding hydrogens is 382 g/mol. The second kappa shape index (κ2) is 6.74. The predicted molar refractivity (Wildman–Crippen MR) is 101 cm³/mol. The first kappa shape index (κ1) is 20.1. The van der Waals surface area contributed by atoms with Gasteiger partial charge < -0.3 is 14.7 Å². The van der Waals surface area contributed by atoms with Crippen molar-refractivity contribution < 1.29 is 26.5 Å². The van der Waals surface area contributed by atoms with Crippen molar-refractivity contribution >= 4 is 39.4 Å². The van der Waals surface area contributed by atoms with Gasteiger partial charge in [-0.25, -0.2) is 4.39 Å². The Balaban J connectivity index is 1.93. The second-order valence-electron chi connectivity index (χ2n) is 6.06.